The molecule has 0 unspecified atom stereocenters. The Kier molecular flexibility index (Phi) is 6.75. The summed E-state index contributed by atoms with van der Waals surface area (Å²) < 4.78 is 27.4. The van der Waals surface area contributed by atoms with E-state index in [1.165, 1.54) is 24.3 Å². The summed E-state index contributed by atoms with van der Waals surface area (Å²) in [6.45, 7) is 0.410. The molecule has 2 amide bonds. The van der Waals surface area contributed by atoms with Gasteiger partial charge in [-0.15, -0.1) is 0 Å². The molecule has 0 saturated heterocycles. The van der Waals surface area contributed by atoms with E-state index in [1.807, 2.05) is 6.07 Å². The number of nitriles is 1. The standard InChI is InChI=1S/C21H19N5O3S/c22-13-17-2-1-3-18(12-17)15-25-30(28,29)20-6-4-19(5-7-20)26-21(27)24-14-16-8-10-23-11-9-16/h1-12,25H,14-15H2,(H2,24,26,27). The Morgan fingerprint density at radius 2 is 1.70 bits per heavy atom. The van der Waals surface area contributed by atoms with Crippen LogP contribution in [0.5, 0.6) is 0 Å². The van der Waals surface area contributed by atoms with Crippen LogP contribution in [0.1, 0.15) is 16.7 Å². The van der Waals surface area contributed by atoms with E-state index in [4.69, 9.17) is 5.26 Å². The van der Waals surface area contributed by atoms with Gasteiger partial charge in [-0.05, 0) is 59.7 Å². The summed E-state index contributed by atoms with van der Waals surface area (Å²) in [7, 11) is -3.74. The molecule has 0 aliphatic carbocycles. The number of pyridine rings is 1. The molecule has 1 aromatic heterocycles. The van der Waals surface area contributed by atoms with Gasteiger partial charge in [0.1, 0.15) is 0 Å². The highest BCUT2D eigenvalue weighted by Gasteiger charge is 2.14. The van der Waals surface area contributed by atoms with Crippen LogP contribution in [0, 0.1) is 11.3 Å². The van der Waals surface area contributed by atoms with Gasteiger partial charge in [0.05, 0.1) is 16.5 Å². The third-order valence-corrected chi connectivity index (χ3v) is 5.56. The second kappa shape index (κ2) is 9.65. The van der Waals surface area contributed by atoms with Gasteiger partial charge in [0, 0.05) is 31.2 Å². The highest BCUT2D eigenvalue weighted by Crippen LogP contribution is 2.15. The zero-order valence-electron chi connectivity index (χ0n) is 15.9. The van der Waals surface area contributed by atoms with Crippen LogP contribution in [0.15, 0.2) is 78.0 Å². The number of aromatic nitrogens is 1. The third-order valence-electron chi connectivity index (χ3n) is 4.15. The third kappa shape index (κ3) is 5.88. The maximum absolute atomic E-state index is 12.5. The fraction of sp³-hybridized carbons (Fsp3) is 0.0952. The predicted molar refractivity (Wildman–Crippen MR) is 112 cm³/mol. The molecule has 0 spiro atoms. The normalized spacial score (nSPS) is 10.8. The second-order valence-corrected chi connectivity index (χ2v) is 8.09. The number of rotatable bonds is 7. The molecule has 3 N–H and O–H groups in total. The van der Waals surface area contributed by atoms with E-state index in [0.29, 0.717) is 23.4 Å². The molecule has 152 valence electrons. The molecule has 0 fully saturated rings. The Hall–Kier alpha value is -3.74. The van der Waals surface area contributed by atoms with Crippen molar-refractivity contribution in [2.75, 3.05) is 5.32 Å². The monoisotopic (exact) mass is 421 g/mol. The van der Waals surface area contributed by atoms with Crippen molar-refractivity contribution in [3.05, 3.63) is 89.7 Å². The molecule has 8 nitrogen and oxygen atoms in total. The lowest BCUT2D eigenvalue weighted by molar-refractivity contribution is 0.251. The summed E-state index contributed by atoms with van der Waals surface area (Å²) in [5, 5.41) is 14.3. The highest BCUT2D eigenvalue weighted by atomic mass is 32.2. The number of hydrogen-bond donors (Lipinski definition) is 3. The molecular weight excluding hydrogens is 402 g/mol. The molecule has 0 aliphatic rings. The van der Waals surface area contributed by atoms with E-state index in [2.05, 4.69) is 20.3 Å². The number of urea groups is 1. The van der Waals surface area contributed by atoms with Gasteiger partial charge >= 0.3 is 6.03 Å². The van der Waals surface area contributed by atoms with Gasteiger partial charge in [-0.25, -0.2) is 17.9 Å². The van der Waals surface area contributed by atoms with Crippen LogP contribution in [0.25, 0.3) is 0 Å². The lowest BCUT2D eigenvalue weighted by Crippen LogP contribution is -2.28. The number of hydrogen-bond acceptors (Lipinski definition) is 5. The summed E-state index contributed by atoms with van der Waals surface area (Å²) >= 11 is 0. The van der Waals surface area contributed by atoms with Gasteiger partial charge in [0.25, 0.3) is 0 Å². The van der Waals surface area contributed by atoms with Gasteiger partial charge in [0.15, 0.2) is 0 Å². The zero-order valence-corrected chi connectivity index (χ0v) is 16.7. The number of nitrogens with one attached hydrogen (secondary N) is 3. The van der Waals surface area contributed by atoms with E-state index < -0.39 is 16.1 Å². The van der Waals surface area contributed by atoms with E-state index in [-0.39, 0.29) is 11.4 Å². The SMILES string of the molecule is N#Cc1cccc(CNS(=O)(=O)c2ccc(NC(=O)NCc3ccncc3)cc2)c1. The highest BCUT2D eigenvalue weighted by molar-refractivity contribution is 7.89. The number of benzene rings is 2. The van der Waals surface area contributed by atoms with E-state index >= 15 is 0 Å². The molecule has 0 atom stereocenters. The average molecular weight is 421 g/mol. The van der Waals surface area contributed by atoms with Gasteiger partial charge in [0.2, 0.25) is 10.0 Å². The van der Waals surface area contributed by atoms with Crippen molar-refractivity contribution in [2.24, 2.45) is 0 Å². The number of sulfonamides is 1. The van der Waals surface area contributed by atoms with Crippen molar-refractivity contribution in [2.45, 2.75) is 18.0 Å². The largest absolute Gasteiger partial charge is 0.334 e. The Morgan fingerprint density at radius 1 is 0.967 bits per heavy atom. The first-order chi connectivity index (χ1) is 14.5. The number of nitrogens with zero attached hydrogens (tertiary/aromatic N) is 2. The van der Waals surface area contributed by atoms with Crippen molar-refractivity contribution in [1.29, 1.82) is 5.26 Å². The lowest BCUT2D eigenvalue weighted by atomic mass is 10.1. The van der Waals surface area contributed by atoms with Crippen molar-refractivity contribution in [3.63, 3.8) is 0 Å². The fourth-order valence-corrected chi connectivity index (χ4v) is 3.61. The Labute approximate surface area is 174 Å². The molecule has 0 saturated carbocycles. The Balaban J connectivity index is 1.55. The predicted octanol–water partition coefficient (Wildman–Crippen LogP) is 2.75. The quantitative estimate of drug-likeness (QED) is 0.541. The van der Waals surface area contributed by atoms with Crippen molar-refractivity contribution in [1.82, 2.24) is 15.0 Å². The number of carbonyl (C=O) groups excluding carboxylic acids is 1. The van der Waals surface area contributed by atoms with Gasteiger partial charge in [-0.1, -0.05) is 12.1 Å². The van der Waals surface area contributed by atoms with Crippen LogP contribution in [0.3, 0.4) is 0 Å². The second-order valence-electron chi connectivity index (χ2n) is 6.32. The van der Waals surface area contributed by atoms with Crippen LogP contribution in [0.2, 0.25) is 0 Å². The maximum atomic E-state index is 12.5. The smallest absolute Gasteiger partial charge is 0.319 e. The van der Waals surface area contributed by atoms with Crippen LogP contribution in [0.4, 0.5) is 10.5 Å². The summed E-state index contributed by atoms with van der Waals surface area (Å²) in [6, 6.07) is 17.8. The van der Waals surface area contributed by atoms with Crippen molar-refractivity contribution < 1.29 is 13.2 Å². The molecule has 0 radical (unpaired) electrons. The molecule has 1 heterocycles. The van der Waals surface area contributed by atoms with Crippen molar-refractivity contribution in [3.8, 4) is 6.07 Å². The van der Waals surface area contributed by atoms with Crippen LogP contribution in [-0.4, -0.2) is 19.4 Å². The first-order valence-corrected chi connectivity index (χ1v) is 10.5. The number of amides is 2. The van der Waals surface area contributed by atoms with E-state index in [1.54, 1.807) is 48.8 Å². The lowest BCUT2D eigenvalue weighted by Gasteiger charge is -2.10. The van der Waals surface area contributed by atoms with Gasteiger partial charge < -0.3 is 10.6 Å². The Morgan fingerprint density at radius 3 is 2.40 bits per heavy atom. The minimum absolute atomic E-state index is 0.0647. The van der Waals surface area contributed by atoms with E-state index in [0.717, 1.165) is 5.56 Å². The van der Waals surface area contributed by atoms with Crippen LogP contribution >= 0.6 is 0 Å². The molecule has 9 heteroatoms. The fourth-order valence-electron chi connectivity index (χ4n) is 2.59. The molecule has 3 aromatic rings. The molecule has 3 rings (SSSR count). The summed E-state index contributed by atoms with van der Waals surface area (Å²) in [5.41, 5.74) is 2.52. The summed E-state index contributed by atoms with van der Waals surface area (Å²) in [4.78, 5) is 16.0. The molecule has 0 bridgehead atoms. The maximum Gasteiger partial charge on any atom is 0.319 e. The molecule has 0 aliphatic heterocycles. The number of carbonyl (C=O) groups is 1. The van der Waals surface area contributed by atoms with Gasteiger partial charge in [-0.2, -0.15) is 5.26 Å². The molecule has 2 aromatic carbocycles. The van der Waals surface area contributed by atoms with Crippen molar-refractivity contribution >= 4 is 21.7 Å². The number of anilines is 1. The minimum atomic E-state index is -3.74. The first-order valence-electron chi connectivity index (χ1n) is 8.99. The average Bonchev–Trinajstić information content (AvgIpc) is 2.77. The minimum Gasteiger partial charge on any atom is -0.334 e. The summed E-state index contributed by atoms with van der Waals surface area (Å²) in [5.74, 6) is 0. The zero-order chi connectivity index (χ0) is 21.4. The van der Waals surface area contributed by atoms with Crippen LogP contribution in [-0.2, 0) is 23.1 Å². The van der Waals surface area contributed by atoms with Gasteiger partial charge in [-0.3, -0.25) is 4.98 Å². The summed E-state index contributed by atoms with van der Waals surface area (Å²) in [6.07, 6.45) is 3.28. The topological polar surface area (TPSA) is 124 Å². The molecular formula is C21H19N5O3S. The van der Waals surface area contributed by atoms with E-state index in [9.17, 15) is 13.2 Å². The molecule has 30 heavy (non-hydrogen) atoms. The Bertz CT molecular complexity index is 1160. The first kappa shape index (κ1) is 21.0. The van der Waals surface area contributed by atoms with Crippen LogP contribution < -0.4 is 15.4 Å².